The molecule has 6 heteroatoms. The van der Waals surface area contributed by atoms with Crippen molar-refractivity contribution >= 4 is 33.1 Å². The summed E-state index contributed by atoms with van der Waals surface area (Å²) in [6.45, 7) is 4.95. The summed E-state index contributed by atoms with van der Waals surface area (Å²) in [4.78, 5) is 18.3. The summed E-state index contributed by atoms with van der Waals surface area (Å²) in [7, 11) is 2.02. The van der Waals surface area contributed by atoms with Crippen LogP contribution in [0.4, 0.5) is 5.69 Å². The van der Waals surface area contributed by atoms with Gasteiger partial charge in [0.1, 0.15) is 11.8 Å². The van der Waals surface area contributed by atoms with Gasteiger partial charge in [-0.2, -0.15) is 0 Å². The van der Waals surface area contributed by atoms with E-state index in [0.29, 0.717) is 24.6 Å². The Kier molecular flexibility index (Phi) is 5.85. The molecule has 26 heavy (non-hydrogen) atoms. The first kappa shape index (κ1) is 18.4. The highest BCUT2D eigenvalue weighted by molar-refractivity contribution is 7.18. The third kappa shape index (κ3) is 4.20. The van der Waals surface area contributed by atoms with E-state index in [-0.39, 0.29) is 11.9 Å². The lowest BCUT2D eigenvalue weighted by atomic mass is 10.2. The summed E-state index contributed by atoms with van der Waals surface area (Å²) < 4.78 is 6.74. The first-order chi connectivity index (χ1) is 12.6. The van der Waals surface area contributed by atoms with E-state index in [1.807, 2.05) is 56.4 Å². The molecule has 0 radical (unpaired) electrons. The second kappa shape index (κ2) is 8.29. The van der Waals surface area contributed by atoms with Gasteiger partial charge in [-0.3, -0.25) is 4.79 Å². The van der Waals surface area contributed by atoms with Gasteiger partial charge in [0, 0.05) is 0 Å². The number of nitrogens with zero attached hydrogens (tertiary/aromatic N) is 1. The van der Waals surface area contributed by atoms with E-state index in [4.69, 9.17) is 9.72 Å². The first-order valence-electron chi connectivity index (χ1n) is 8.78. The number of rotatable bonds is 7. The molecule has 136 valence electrons. The summed E-state index contributed by atoms with van der Waals surface area (Å²) in [6, 6.07) is 15.8. The number of thiazole rings is 1. The zero-order valence-electron chi connectivity index (χ0n) is 15.3. The van der Waals surface area contributed by atoms with Crippen molar-refractivity contribution in [2.45, 2.75) is 19.9 Å². The minimum Gasteiger partial charge on any atom is -0.492 e. The first-order valence-corrected chi connectivity index (χ1v) is 9.59. The van der Waals surface area contributed by atoms with Crippen LogP contribution in [0.3, 0.4) is 0 Å². The second-order valence-electron chi connectivity index (χ2n) is 6.24. The number of likely N-dealkylation sites (N-methyl/N-ethyl adjacent to an activating group) is 1. The van der Waals surface area contributed by atoms with Crippen LogP contribution in [-0.2, 0) is 4.79 Å². The summed E-state index contributed by atoms with van der Waals surface area (Å²) >= 11 is 1.69. The summed E-state index contributed by atoms with van der Waals surface area (Å²) in [6.07, 6.45) is 0. The Morgan fingerprint density at radius 2 is 1.96 bits per heavy atom. The number of benzene rings is 2. The monoisotopic (exact) mass is 370 g/mol. The predicted molar refractivity (Wildman–Crippen MR) is 106 cm³/mol. The van der Waals surface area contributed by atoms with Crippen LogP contribution in [0.2, 0.25) is 0 Å². The van der Waals surface area contributed by atoms with E-state index in [0.717, 1.165) is 15.4 Å². The van der Waals surface area contributed by atoms with Gasteiger partial charge in [-0.1, -0.05) is 24.3 Å². The van der Waals surface area contributed by atoms with Crippen molar-refractivity contribution in [1.82, 2.24) is 4.98 Å². The van der Waals surface area contributed by atoms with Gasteiger partial charge in [0.15, 0.2) is 11.6 Å². The maximum atomic E-state index is 12.5. The van der Waals surface area contributed by atoms with Crippen molar-refractivity contribution in [1.29, 1.82) is 0 Å². The second-order valence-corrected chi connectivity index (χ2v) is 7.30. The van der Waals surface area contributed by atoms with E-state index in [9.17, 15) is 4.79 Å². The Morgan fingerprint density at radius 1 is 1.23 bits per heavy atom. The van der Waals surface area contributed by atoms with Gasteiger partial charge in [0.2, 0.25) is 0 Å². The molecule has 3 rings (SSSR count). The highest BCUT2D eigenvalue weighted by atomic mass is 32.1. The molecule has 2 aromatic carbocycles. The highest BCUT2D eigenvalue weighted by Crippen LogP contribution is 2.25. The number of carbonyl (C=O) groups is 1. The largest absolute Gasteiger partial charge is 0.492 e. The molecule has 0 aliphatic heterocycles. The van der Waals surface area contributed by atoms with E-state index in [2.05, 4.69) is 18.3 Å². The number of ether oxygens (including phenoxy) is 1. The smallest absolute Gasteiger partial charge is 0.279 e. The summed E-state index contributed by atoms with van der Waals surface area (Å²) in [5, 5.41) is 4.00. The lowest BCUT2D eigenvalue weighted by Crippen LogP contribution is -3.10. The molecule has 0 spiro atoms. The van der Waals surface area contributed by atoms with Crippen LogP contribution < -0.4 is 15.0 Å². The molecule has 3 aromatic rings. The minimum atomic E-state index is -0.0392. The standard InChI is InChI=1S/C20H23N3O2S/c1-4-25-17-11-7-5-9-15(17)21-19(24)13-23(3)14(2)20-22-16-10-6-8-12-18(16)26-20/h5-12,14H,4,13H2,1-3H3,(H,21,24)/p+1/t14-/m0/s1. The third-order valence-electron chi connectivity index (χ3n) is 4.32. The van der Waals surface area contributed by atoms with Gasteiger partial charge in [-0.05, 0) is 38.1 Å². The number of nitrogens with one attached hydrogen (secondary N) is 2. The van der Waals surface area contributed by atoms with Crippen molar-refractivity contribution in [3.8, 4) is 5.75 Å². The van der Waals surface area contributed by atoms with Crippen LogP contribution in [0, 0.1) is 0 Å². The SMILES string of the molecule is CCOc1ccccc1NC(=O)C[NH+](C)[C@@H](C)c1nc2ccccc2s1. The number of hydrogen-bond acceptors (Lipinski definition) is 4. The molecule has 0 fully saturated rings. The molecule has 1 aromatic heterocycles. The van der Waals surface area contributed by atoms with E-state index in [1.165, 1.54) is 4.70 Å². The average Bonchev–Trinajstić information content (AvgIpc) is 3.07. The molecule has 0 aliphatic carbocycles. The summed E-state index contributed by atoms with van der Waals surface area (Å²) in [5.41, 5.74) is 1.72. The van der Waals surface area contributed by atoms with Gasteiger partial charge in [0.25, 0.3) is 5.91 Å². The molecule has 0 saturated heterocycles. The normalized spacial score (nSPS) is 13.3. The molecular weight excluding hydrogens is 346 g/mol. The van der Waals surface area contributed by atoms with Crippen molar-refractivity contribution in [3.05, 3.63) is 53.5 Å². The fourth-order valence-corrected chi connectivity index (χ4v) is 3.85. The van der Waals surface area contributed by atoms with Crippen molar-refractivity contribution in [2.24, 2.45) is 0 Å². The molecule has 0 bridgehead atoms. The number of anilines is 1. The Balaban J connectivity index is 1.65. The number of para-hydroxylation sites is 3. The van der Waals surface area contributed by atoms with Crippen molar-refractivity contribution in [3.63, 3.8) is 0 Å². The van der Waals surface area contributed by atoms with Gasteiger partial charge >= 0.3 is 0 Å². The van der Waals surface area contributed by atoms with Crippen LogP contribution in [0.25, 0.3) is 10.2 Å². The number of aromatic nitrogens is 1. The zero-order valence-corrected chi connectivity index (χ0v) is 16.1. The number of quaternary nitrogens is 1. The van der Waals surface area contributed by atoms with E-state index < -0.39 is 0 Å². The molecule has 0 aliphatic rings. The Hall–Kier alpha value is -2.44. The maximum absolute atomic E-state index is 12.5. The topological polar surface area (TPSA) is 55.7 Å². The predicted octanol–water partition coefficient (Wildman–Crippen LogP) is 2.91. The van der Waals surface area contributed by atoms with Gasteiger partial charge in [-0.25, -0.2) is 4.98 Å². The number of amides is 1. The molecular formula is C20H24N3O2S+. The Morgan fingerprint density at radius 3 is 2.73 bits per heavy atom. The van der Waals surface area contributed by atoms with E-state index in [1.54, 1.807) is 11.3 Å². The molecule has 1 unspecified atom stereocenters. The molecule has 5 nitrogen and oxygen atoms in total. The minimum absolute atomic E-state index is 0.0392. The Bertz CT molecular complexity index is 860. The van der Waals surface area contributed by atoms with Gasteiger partial charge in [0.05, 0.1) is 29.6 Å². The van der Waals surface area contributed by atoms with Crippen LogP contribution >= 0.6 is 11.3 Å². The molecule has 2 atom stereocenters. The molecule has 2 N–H and O–H groups in total. The maximum Gasteiger partial charge on any atom is 0.279 e. The average molecular weight is 370 g/mol. The Labute approximate surface area is 157 Å². The molecule has 1 amide bonds. The number of carbonyl (C=O) groups excluding carboxylic acids is 1. The van der Waals surface area contributed by atoms with Crippen LogP contribution in [0.15, 0.2) is 48.5 Å². The van der Waals surface area contributed by atoms with Crippen LogP contribution in [0.5, 0.6) is 5.75 Å². The number of fused-ring (bicyclic) bond motifs is 1. The third-order valence-corrected chi connectivity index (χ3v) is 5.54. The molecule has 1 heterocycles. The fraction of sp³-hybridized carbons (Fsp3) is 0.300. The number of hydrogen-bond donors (Lipinski definition) is 2. The van der Waals surface area contributed by atoms with Crippen LogP contribution in [-0.4, -0.2) is 31.1 Å². The van der Waals surface area contributed by atoms with Gasteiger partial charge < -0.3 is 15.0 Å². The van der Waals surface area contributed by atoms with Crippen molar-refractivity contribution in [2.75, 3.05) is 25.5 Å². The lowest BCUT2D eigenvalue weighted by Gasteiger charge is -2.19. The summed E-state index contributed by atoms with van der Waals surface area (Å²) in [5.74, 6) is 0.655. The van der Waals surface area contributed by atoms with Crippen molar-refractivity contribution < 1.29 is 14.4 Å². The van der Waals surface area contributed by atoms with E-state index >= 15 is 0 Å². The van der Waals surface area contributed by atoms with Crippen LogP contribution in [0.1, 0.15) is 24.9 Å². The highest BCUT2D eigenvalue weighted by Gasteiger charge is 2.22. The quantitative estimate of drug-likeness (QED) is 0.672. The zero-order chi connectivity index (χ0) is 18.5. The molecule has 0 saturated carbocycles. The van der Waals surface area contributed by atoms with Gasteiger partial charge in [-0.15, -0.1) is 11.3 Å². The fourth-order valence-electron chi connectivity index (χ4n) is 2.74. The lowest BCUT2D eigenvalue weighted by molar-refractivity contribution is -0.902.